The van der Waals surface area contributed by atoms with Crippen molar-refractivity contribution < 1.29 is 9.18 Å². The van der Waals surface area contributed by atoms with Gasteiger partial charge < -0.3 is 10.2 Å². The van der Waals surface area contributed by atoms with Crippen LogP contribution in [0.1, 0.15) is 19.8 Å². The van der Waals surface area contributed by atoms with Crippen molar-refractivity contribution in [1.82, 2.24) is 4.98 Å². The summed E-state index contributed by atoms with van der Waals surface area (Å²) in [5.74, 6) is 0.196. The van der Waals surface area contributed by atoms with E-state index in [0.29, 0.717) is 11.6 Å². The fourth-order valence-corrected chi connectivity index (χ4v) is 1.83. The number of nitrogens with one attached hydrogen (secondary N) is 1. The molecule has 0 spiro atoms. The Morgan fingerprint density at radius 3 is 2.75 bits per heavy atom. The number of carbonyl (C=O) groups is 1. The van der Waals surface area contributed by atoms with Crippen molar-refractivity contribution in [3.63, 3.8) is 0 Å². The predicted molar refractivity (Wildman–Crippen MR) is 59.9 cm³/mol. The molecule has 0 saturated carbocycles. The Balaban J connectivity index is 2.24. The van der Waals surface area contributed by atoms with Crippen LogP contribution in [0.15, 0.2) is 12.1 Å². The van der Waals surface area contributed by atoms with Gasteiger partial charge in [0, 0.05) is 20.0 Å². The Kier molecular flexibility index (Phi) is 3.03. The number of nitrogens with zero attached hydrogens (tertiary/aromatic N) is 2. The first-order valence-electron chi connectivity index (χ1n) is 5.36. The van der Waals surface area contributed by atoms with Gasteiger partial charge in [0.05, 0.1) is 0 Å². The van der Waals surface area contributed by atoms with Crippen molar-refractivity contribution in [2.24, 2.45) is 0 Å². The van der Waals surface area contributed by atoms with Gasteiger partial charge >= 0.3 is 0 Å². The molecule has 86 valence electrons. The first-order chi connectivity index (χ1) is 7.66. The maximum absolute atomic E-state index is 13.5. The highest BCUT2D eigenvalue weighted by atomic mass is 19.1. The van der Waals surface area contributed by atoms with Gasteiger partial charge in [0.1, 0.15) is 5.82 Å². The summed E-state index contributed by atoms with van der Waals surface area (Å²) >= 11 is 0. The van der Waals surface area contributed by atoms with E-state index in [1.165, 1.54) is 19.1 Å². The molecule has 1 fully saturated rings. The number of halogens is 1. The summed E-state index contributed by atoms with van der Waals surface area (Å²) in [7, 11) is 0. The molecule has 0 atom stereocenters. The molecule has 0 aromatic carbocycles. The van der Waals surface area contributed by atoms with E-state index in [9.17, 15) is 9.18 Å². The fraction of sp³-hybridized carbons (Fsp3) is 0.455. The largest absolute Gasteiger partial charge is 0.354 e. The number of aromatic nitrogens is 1. The molecule has 16 heavy (non-hydrogen) atoms. The second-order valence-electron chi connectivity index (χ2n) is 3.88. The van der Waals surface area contributed by atoms with Gasteiger partial charge in [0.2, 0.25) is 5.91 Å². The van der Waals surface area contributed by atoms with E-state index < -0.39 is 0 Å². The van der Waals surface area contributed by atoms with E-state index in [4.69, 9.17) is 0 Å². The second kappa shape index (κ2) is 4.47. The van der Waals surface area contributed by atoms with Gasteiger partial charge in [-0.1, -0.05) is 0 Å². The van der Waals surface area contributed by atoms with Crippen molar-refractivity contribution in [3.8, 4) is 0 Å². The average Bonchev–Trinajstić information content (AvgIpc) is 2.73. The van der Waals surface area contributed by atoms with E-state index in [0.717, 1.165) is 25.9 Å². The van der Waals surface area contributed by atoms with Crippen LogP contribution in [-0.4, -0.2) is 24.0 Å². The molecule has 0 aliphatic carbocycles. The third kappa shape index (κ3) is 2.29. The Hall–Kier alpha value is -1.65. The summed E-state index contributed by atoms with van der Waals surface area (Å²) < 4.78 is 13.5. The Morgan fingerprint density at radius 2 is 2.12 bits per heavy atom. The molecule has 2 heterocycles. The number of amides is 1. The normalized spacial score (nSPS) is 15.2. The average molecular weight is 223 g/mol. The summed E-state index contributed by atoms with van der Waals surface area (Å²) in [6.45, 7) is 3.06. The first-order valence-corrected chi connectivity index (χ1v) is 5.36. The predicted octanol–water partition coefficient (Wildman–Crippen LogP) is 1.78. The minimum Gasteiger partial charge on any atom is -0.354 e. The molecule has 1 aromatic heterocycles. The zero-order chi connectivity index (χ0) is 11.5. The Morgan fingerprint density at radius 1 is 1.44 bits per heavy atom. The van der Waals surface area contributed by atoms with Crippen LogP contribution in [0.2, 0.25) is 0 Å². The molecule has 1 aliphatic heterocycles. The molecule has 5 heteroatoms. The van der Waals surface area contributed by atoms with Gasteiger partial charge in [-0.15, -0.1) is 0 Å². The standard InChI is InChI=1S/C11H14FN3O/c1-8(16)13-10-5-4-9(12)11(14-10)15-6-2-3-7-15/h4-5H,2-3,6-7H2,1H3,(H,13,14,16). The van der Waals surface area contributed by atoms with Gasteiger partial charge in [-0.25, -0.2) is 9.37 Å². The molecular weight excluding hydrogens is 209 g/mol. The van der Waals surface area contributed by atoms with Crippen molar-refractivity contribution in [1.29, 1.82) is 0 Å². The summed E-state index contributed by atoms with van der Waals surface area (Å²) in [6, 6.07) is 2.81. The lowest BCUT2D eigenvalue weighted by Gasteiger charge is -2.17. The van der Waals surface area contributed by atoms with E-state index in [-0.39, 0.29) is 11.7 Å². The number of anilines is 2. The van der Waals surface area contributed by atoms with Gasteiger partial charge in [-0.05, 0) is 25.0 Å². The highest BCUT2D eigenvalue weighted by Crippen LogP contribution is 2.22. The van der Waals surface area contributed by atoms with E-state index >= 15 is 0 Å². The van der Waals surface area contributed by atoms with E-state index in [2.05, 4.69) is 10.3 Å². The molecule has 0 bridgehead atoms. The third-order valence-electron chi connectivity index (χ3n) is 2.54. The van der Waals surface area contributed by atoms with E-state index in [1.54, 1.807) is 0 Å². The smallest absolute Gasteiger partial charge is 0.222 e. The molecule has 4 nitrogen and oxygen atoms in total. The molecule has 0 radical (unpaired) electrons. The lowest BCUT2D eigenvalue weighted by Crippen LogP contribution is -2.21. The van der Waals surface area contributed by atoms with Gasteiger partial charge in [-0.3, -0.25) is 4.79 Å². The van der Waals surface area contributed by atoms with Crippen LogP contribution in [-0.2, 0) is 4.79 Å². The van der Waals surface area contributed by atoms with Gasteiger partial charge in [0.25, 0.3) is 0 Å². The SMILES string of the molecule is CC(=O)Nc1ccc(F)c(N2CCCC2)n1. The number of hydrogen-bond donors (Lipinski definition) is 1. The third-order valence-corrected chi connectivity index (χ3v) is 2.54. The topological polar surface area (TPSA) is 45.2 Å². The molecule has 1 aliphatic rings. The second-order valence-corrected chi connectivity index (χ2v) is 3.88. The summed E-state index contributed by atoms with van der Waals surface area (Å²) in [5.41, 5.74) is 0. The van der Waals surface area contributed by atoms with Crippen LogP contribution in [0.4, 0.5) is 16.0 Å². The molecule has 2 rings (SSSR count). The number of hydrogen-bond acceptors (Lipinski definition) is 3. The van der Waals surface area contributed by atoms with Crippen molar-refractivity contribution in [3.05, 3.63) is 17.9 Å². The molecule has 1 saturated heterocycles. The number of rotatable bonds is 2. The molecule has 1 amide bonds. The number of carbonyl (C=O) groups excluding carboxylic acids is 1. The summed E-state index contributed by atoms with van der Waals surface area (Å²) in [6.07, 6.45) is 2.12. The quantitative estimate of drug-likeness (QED) is 0.831. The van der Waals surface area contributed by atoms with Crippen molar-refractivity contribution in [2.75, 3.05) is 23.3 Å². The number of pyridine rings is 1. The molecule has 1 aromatic rings. The maximum Gasteiger partial charge on any atom is 0.222 e. The van der Waals surface area contributed by atoms with Crippen molar-refractivity contribution >= 4 is 17.5 Å². The van der Waals surface area contributed by atoms with Gasteiger partial charge in [-0.2, -0.15) is 0 Å². The monoisotopic (exact) mass is 223 g/mol. The molecule has 0 unspecified atom stereocenters. The summed E-state index contributed by atoms with van der Waals surface area (Å²) in [4.78, 5) is 16.9. The maximum atomic E-state index is 13.5. The molecule has 1 N–H and O–H groups in total. The first kappa shape index (κ1) is 10.9. The zero-order valence-electron chi connectivity index (χ0n) is 9.16. The van der Waals surface area contributed by atoms with Crippen LogP contribution in [0, 0.1) is 5.82 Å². The van der Waals surface area contributed by atoms with Crippen LogP contribution in [0.3, 0.4) is 0 Å². The van der Waals surface area contributed by atoms with Crippen LogP contribution >= 0.6 is 0 Å². The highest BCUT2D eigenvalue weighted by Gasteiger charge is 2.18. The zero-order valence-corrected chi connectivity index (χ0v) is 9.16. The lowest BCUT2D eigenvalue weighted by atomic mass is 10.4. The lowest BCUT2D eigenvalue weighted by molar-refractivity contribution is -0.114. The minimum atomic E-state index is -0.337. The van der Waals surface area contributed by atoms with Crippen molar-refractivity contribution in [2.45, 2.75) is 19.8 Å². The Bertz CT molecular complexity index is 402. The fourth-order valence-electron chi connectivity index (χ4n) is 1.83. The highest BCUT2D eigenvalue weighted by molar-refractivity contribution is 5.87. The van der Waals surface area contributed by atoms with E-state index in [1.807, 2.05) is 4.90 Å². The molecular formula is C11H14FN3O. The summed E-state index contributed by atoms with van der Waals surface area (Å²) in [5, 5.41) is 2.55. The van der Waals surface area contributed by atoms with Crippen LogP contribution in [0.5, 0.6) is 0 Å². The Labute approximate surface area is 93.5 Å². The minimum absolute atomic E-state index is 0.202. The van der Waals surface area contributed by atoms with Crippen LogP contribution < -0.4 is 10.2 Å². The van der Waals surface area contributed by atoms with Crippen LogP contribution in [0.25, 0.3) is 0 Å². The van der Waals surface area contributed by atoms with Gasteiger partial charge in [0.15, 0.2) is 11.6 Å².